The normalized spacial score (nSPS) is 11.7. The van der Waals surface area contributed by atoms with E-state index in [2.05, 4.69) is 5.32 Å². The van der Waals surface area contributed by atoms with Crippen LogP contribution >= 0.6 is 0 Å². The summed E-state index contributed by atoms with van der Waals surface area (Å²) < 4.78 is 16.3. The van der Waals surface area contributed by atoms with Crippen LogP contribution in [0.5, 0.6) is 17.2 Å². The minimum atomic E-state index is -0.577. The molecule has 0 radical (unpaired) electrons. The number of methoxy groups -OCH3 is 2. The first-order chi connectivity index (χ1) is 13.6. The Morgan fingerprint density at radius 3 is 2.43 bits per heavy atom. The highest BCUT2D eigenvalue weighted by Gasteiger charge is 2.14. The predicted octanol–water partition coefficient (Wildman–Crippen LogP) is 3.98. The minimum absolute atomic E-state index is 0.145. The van der Waals surface area contributed by atoms with E-state index in [0.29, 0.717) is 30.2 Å². The third kappa shape index (κ3) is 4.74. The molecule has 1 N–H and O–H groups in total. The molecular formula is C23H25NO4. The summed E-state index contributed by atoms with van der Waals surface area (Å²) in [6.07, 6.45) is 0.112. The maximum Gasteiger partial charge on any atom is 0.260 e. The number of hydrogen-bond acceptors (Lipinski definition) is 4. The lowest BCUT2D eigenvalue weighted by Gasteiger charge is -2.15. The first-order valence-corrected chi connectivity index (χ1v) is 9.25. The fraction of sp³-hybridized carbons (Fsp3) is 0.261. The molecule has 3 aromatic carbocycles. The van der Waals surface area contributed by atoms with Crippen molar-refractivity contribution in [3.05, 3.63) is 66.2 Å². The van der Waals surface area contributed by atoms with E-state index in [-0.39, 0.29) is 5.91 Å². The van der Waals surface area contributed by atoms with Crippen molar-refractivity contribution < 1.29 is 19.0 Å². The van der Waals surface area contributed by atoms with Crippen molar-refractivity contribution >= 4 is 16.7 Å². The summed E-state index contributed by atoms with van der Waals surface area (Å²) in [4.78, 5) is 12.3. The van der Waals surface area contributed by atoms with Crippen molar-refractivity contribution in [2.24, 2.45) is 0 Å². The maximum atomic E-state index is 12.3. The second kappa shape index (κ2) is 9.13. The van der Waals surface area contributed by atoms with Crippen LogP contribution in [0.3, 0.4) is 0 Å². The molecule has 3 aromatic rings. The van der Waals surface area contributed by atoms with Crippen molar-refractivity contribution in [2.75, 3.05) is 20.8 Å². The van der Waals surface area contributed by atoms with Crippen LogP contribution in [0.4, 0.5) is 0 Å². The molecule has 0 aromatic heterocycles. The quantitative estimate of drug-likeness (QED) is 0.643. The topological polar surface area (TPSA) is 56.8 Å². The van der Waals surface area contributed by atoms with E-state index < -0.39 is 6.10 Å². The molecular weight excluding hydrogens is 354 g/mol. The van der Waals surface area contributed by atoms with Gasteiger partial charge in [0.2, 0.25) is 0 Å². The van der Waals surface area contributed by atoms with Crippen LogP contribution in [-0.4, -0.2) is 32.8 Å². The van der Waals surface area contributed by atoms with Crippen molar-refractivity contribution in [3.63, 3.8) is 0 Å². The van der Waals surface area contributed by atoms with Gasteiger partial charge in [-0.3, -0.25) is 4.79 Å². The molecule has 1 atom stereocenters. The Morgan fingerprint density at radius 1 is 0.929 bits per heavy atom. The van der Waals surface area contributed by atoms with Gasteiger partial charge in [-0.25, -0.2) is 0 Å². The van der Waals surface area contributed by atoms with E-state index >= 15 is 0 Å². The number of ether oxygens (including phenoxy) is 3. The van der Waals surface area contributed by atoms with Gasteiger partial charge < -0.3 is 19.5 Å². The van der Waals surface area contributed by atoms with Gasteiger partial charge in [-0.15, -0.1) is 0 Å². The lowest BCUT2D eigenvalue weighted by Crippen LogP contribution is -2.37. The summed E-state index contributed by atoms with van der Waals surface area (Å²) >= 11 is 0. The van der Waals surface area contributed by atoms with Gasteiger partial charge in [0.1, 0.15) is 5.75 Å². The molecule has 3 rings (SSSR count). The lowest BCUT2D eigenvalue weighted by atomic mass is 10.1. The van der Waals surface area contributed by atoms with Gasteiger partial charge in [0, 0.05) is 6.54 Å². The predicted molar refractivity (Wildman–Crippen MR) is 110 cm³/mol. The Hall–Kier alpha value is -3.21. The van der Waals surface area contributed by atoms with Crippen LogP contribution in [0.25, 0.3) is 10.8 Å². The van der Waals surface area contributed by atoms with Gasteiger partial charge in [0.05, 0.1) is 14.2 Å². The van der Waals surface area contributed by atoms with Gasteiger partial charge in [-0.1, -0.05) is 36.4 Å². The Labute approximate surface area is 165 Å². The van der Waals surface area contributed by atoms with E-state index in [1.165, 1.54) is 0 Å². The van der Waals surface area contributed by atoms with Crippen LogP contribution in [0.1, 0.15) is 12.5 Å². The molecule has 1 amide bonds. The van der Waals surface area contributed by atoms with Crippen molar-refractivity contribution in [2.45, 2.75) is 19.4 Å². The van der Waals surface area contributed by atoms with Crippen molar-refractivity contribution in [1.82, 2.24) is 5.32 Å². The highest BCUT2D eigenvalue weighted by Crippen LogP contribution is 2.27. The molecule has 5 heteroatoms. The first kappa shape index (κ1) is 19.5. The van der Waals surface area contributed by atoms with Crippen LogP contribution < -0.4 is 19.5 Å². The van der Waals surface area contributed by atoms with Crippen molar-refractivity contribution in [1.29, 1.82) is 0 Å². The number of rotatable bonds is 8. The number of carbonyl (C=O) groups is 1. The molecule has 0 bridgehead atoms. The Kier molecular flexibility index (Phi) is 6.37. The summed E-state index contributed by atoms with van der Waals surface area (Å²) in [7, 11) is 3.21. The first-order valence-electron chi connectivity index (χ1n) is 9.25. The molecule has 0 aliphatic heterocycles. The standard InChI is InChI=1S/C23H25NO4/c1-16(28-20-10-9-18-6-4-5-7-19(18)15-20)23(25)24-13-12-17-8-11-21(26-2)22(14-17)27-3/h4-11,14-16H,12-13H2,1-3H3,(H,24,25). The molecule has 0 fully saturated rings. The second-order valence-electron chi connectivity index (χ2n) is 6.50. The average Bonchev–Trinajstić information content (AvgIpc) is 2.73. The Balaban J connectivity index is 1.52. The lowest BCUT2D eigenvalue weighted by molar-refractivity contribution is -0.127. The number of amides is 1. The van der Waals surface area contributed by atoms with Gasteiger partial charge in [0.15, 0.2) is 17.6 Å². The number of hydrogen-bond donors (Lipinski definition) is 1. The fourth-order valence-electron chi connectivity index (χ4n) is 3.01. The van der Waals surface area contributed by atoms with Gasteiger partial charge in [0.25, 0.3) is 5.91 Å². The molecule has 5 nitrogen and oxygen atoms in total. The third-order valence-corrected chi connectivity index (χ3v) is 4.56. The van der Waals surface area contributed by atoms with Crippen molar-refractivity contribution in [3.8, 4) is 17.2 Å². The van der Waals surface area contributed by atoms with Crippen LogP contribution in [0, 0.1) is 0 Å². The van der Waals surface area contributed by atoms with E-state index in [0.717, 1.165) is 16.3 Å². The van der Waals surface area contributed by atoms with E-state index in [9.17, 15) is 4.79 Å². The fourth-order valence-corrected chi connectivity index (χ4v) is 3.01. The van der Waals surface area contributed by atoms with Gasteiger partial charge >= 0.3 is 0 Å². The number of carbonyl (C=O) groups excluding carboxylic acids is 1. The van der Waals surface area contributed by atoms with Crippen LogP contribution in [0.2, 0.25) is 0 Å². The second-order valence-corrected chi connectivity index (χ2v) is 6.50. The van der Waals surface area contributed by atoms with Gasteiger partial charge in [-0.2, -0.15) is 0 Å². The molecule has 0 heterocycles. The Bertz CT molecular complexity index is 954. The average molecular weight is 379 g/mol. The summed E-state index contributed by atoms with van der Waals surface area (Å²) in [6, 6.07) is 19.6. The zero-order valence-electron chi connectivity index (χ0n) is 16.4. The Morgan fingerprint density at radius 2 is 1.68 bits per heavy atom. The molecule has 0 spiro atoms. The minimum Gasteiger partial charge on any atom is -0.493 e. The number of benzene rings is 3. The third-order valence-electron chi connectivity index (χ3n) is 4.56. The number of nitrogens with one attached hydrogen (secondary N) is 1. The summed E-state index contributed by atoms with van der Waals surface area (Å²) in [5.41, 5.74) is 1.06. The smallest absolute Gasteiger partial charge is 0.260 e. The summed E-state index contributed by atoms with van der Waals surface area (Å²) in [5.74, 6) is 1.90. The van der Waals surface area contributed by atoms with Gasteiger partial charge in [-0.05, 0) is 53.9 Å². The SMILES string of the molecule is COc1ccc(CCNC(=O)C(C)Oc2ccc3ccccc3c2)cc1OC. The van der Waals surface area contributed by atoms with Crippen LogP contribution in [0.15, 0.2) is 60.7 Å². The van der Waals surface area contributed by atoms with Crippen LogP contribution in [-0.2, 0) is 11.2 Å². The monoisotopic (exact) mass is 379 g/mol. The van der Waals surface area contributed by atoms with E-state index in [4.69, 9.17) is 14.2 Å². The highest BCUT2D eigenvalue weighted by molar-refractivity contribution is 5.84. The number of fused-ring (bicyclic) bond motifs is 1. The molecule has 28 heavy (non-hydrogen) atoms. The summed E-state index contributed by atoms with van der Waals surface area (Å²) in [5, 5.41) is 5.14. The molecule has 0 saturated carbocycles. The zero-order valence-corrected chi connectivity index (χ0v) is 16.4. The maximum absolute atomic E-state index is 12.3. The molecule has 1 unspecified atom stereocenters. The molecule has 0 aliphatic rings. The largest absolute Gasteiger partial charge is 0.493 e. The highest BCUT2D eigenvalue weighted by atomic mass is 16.5. The molecule has 146 valence electrons. The molecule has 0 saturated heterocycles. The van der Waals surface area contributed by atoms with E-state index in [1.807, 2.05) is 60.7 Å². The zero-order chi connectivity index (χ0) is 19.9. The molecule has 0 aliphatic carbocycles. The van der Waals surface area contributed by atoms with E-state index in [1.54, 1.807) is 21.1 Å². The summed E-state index contributed by atoms with van der Waals surface area (Å²) in [6.45, 7) is 2.26.